The molecule has 17 heavy (non-hydrogen) atoms. The van der Waals surface area contributed by atoms with Crippen molar-refractivity contribution in [1.29, 1.82) is 0 Å². The number of hydrogen-bond donors (Lipinski definition) is 0. The van der Waals surface area contributed by atoms with Crippen molar-refractivity contribution in [3.63, 3.8) is 0 Å². The predicted octanol–water partition coefficient (Wildman–Crippen LogP) is 2.80. The molecule has 3 heteroatoms. The molecule has 0 spiro atoms. The number of carbonyl (C=O) groups excluding carboxylic acids is 2. The Kier molecular flexibility index (Phi) is 5.17. The Labute approximate surface area is 103 Å². The van der Waals surface area contributed by atoms with Gasteiger partial charge in [-0.15, -0.1) is 5.73 Å². The second-order valence-electron chi connectivity index (χ2n) is 4.38. The van der Waals surface area contributed by atoms with E-state index in [2.05, 4.69) is 12.3 Å². The molecule has 1 atom stereocenters. The van der Waals surface area contributed by atoms with Crippen LogP contribution in [-0.4, -0.2) is 18.4 Å². The molecule has 94 valence electrons. The number of Topliss-reactive ketones (excluding diaryl/α,β-unsaturated/α-hetero) is 1. The highest BCUT2D eigenvalue weighted by Crippen LogP contribution is 2.38. The van der Waals surface area contributed by atoms with E-state index >= 15 is 0 Å². The zero-order valence-electron chi connectivity index (χ0n) is 10.5. The first-order chi connectivity index (χ1) is 8.17. The normalized spacial score (nSPS) is 23.9. The van der Waals surface area contributed by atoms with Crippen LogP contribution < -0.4 is 0 Å². The number of ketones is 1. The van der Waals surface area contributed by atoms with Gasteiger partial charge in [-0.3, -0.25) is 9.59 Å². The molecule has 1 aliphatic rings. The first kappa shape index (κ1) is 13.7. The van der Waals surface area contributed by atoms with E-state index in [0.717, 1.165) is 12.8 Å². The number of ether oxygens (including phenoxy) is 1. The van der Waals surface area contributed by atoms with Gasteiger partial charge in [0.05, 0.1) is 6.61 Å². The van der Waals surface area contributed by atoms with E-state index in [-0.39, 0.29) is 11.8 Å². The van der Waals surface area contributed by atoms with Crippen LogP contribution in [0.3, 0.4) is 0 Å². The van der Waals surface area contributed by atoms with Crippen LogP contribution in [0.5, 0.6) is 0 Å². The van der Waals surface area contributed by atoms with E-state index in [4.69, 9.17) is 4.74 Å². The van der Waals surface area contributed by atoms with Crippen LogP contribution in [0.15, 0.2) is 18.4 Å². The minimum absolute atomic E-state index is 0.0414. The van der Waals surface area contributed by atoms with E-state index < -0.39 is 5.41 Å². The summed E-state index contributed by atoms with van der Waals surface area (Å²) in [5.41, 5.74) is 1.77. The highest BCUT2D eigenvalue weighted by Gasteiger charge is 2.46. The SMILES string of the molecule is C=C=CCCC1(C(=O)OCC)CCCCC1=O. The third-order valence-electron chi connectivity index (χ3n) is 3.32. The molecule has 1 unspecified atom stereocenters. The Bertz CT molecular complexity index is 339. The zero-order chi connectivity index (χ0) is 12.7. The average molecular weight is 236 g/mol. The maximum Gasteiger partial charge on any atom is 0.319 e. The van der Waals surface area contributed by atoms with E-state index in [1.54, 1.807) is 13.0 Å². The van der Waals surface area contributed by atoms with Crippen LogP contribution in [0.1, 0.15) is 45.4 Å². The fourth-order valence-corrected chi connectivity index (χ4v) is 2.36. The third-order valence-corrected chi connectivity index (χ3v) is 3.32. The summed E-state index contributed by atoms with van der Waals surface area (Å²) >= 11 is 0. The number of allylic oxidation sites excluding steroid dienone is 1. The summed E-state index contributed by atoms with van der Waals surface area (Å²) in [5.74, 6) is -0.304. The fraction of sp³-hybridized carbons (Fsp3) is 0.643. The van der Waals surface area contributed by atoms with E-state index in [9.17, 15) is 9.59 Å². The molecule has 0 radical (unpaired) electrons. The Balaban J connectivity index is 2.85. The second kappa shape index (κ2) is 6.41. The van der Waals surface area contributed by atoms with Crippen molar-refractivity contribution in [2.75, 3.05) is 6.61 Å². The maximum atomic E-state index is 12.1. The van der Waals surface area contributed by atoms with Crippen molar-refractivity contribution in [2.24, 2.45) is 5.41 Å². The number of rotatable bonds is 5. The van der Waals surface area contributed by atoms with E-state index in [1.165, 1.54) is 0 Å². The molecule has 1 aliphatic carbocycles. The second-order valence-corrected chi connectivity index (χ2v) is 4.38. The van der Waals surface area contributed by atoms with Gasteiger partial charge in [0.15, 0.2) is 0 Å². The lowest BCUT2D eigenvalue weighted by Gasteiger charge is -2.32. The summed E-state index contributed by atoms with van der Waals surface area (Å²) in [6.45, 7) is 5.58. The van der Waals surface area contributed by atoms with Crippen LogP contribution in [-0.2, 0) is 14.3 Å². The van der Waals surface area contributed by atoms with Gasteiger partial charge in [0.2, 0.25) is 0 Å². The summed E-state index contributed by atoms with van der Waals surface area (Å²) in [6.07, 6.45) is 5.86. The largest absolute Gasteiger partial charge is 0.465 e. The lowest BCUT2D eigenvalue weighted by Crippen LogP contribution is -2.42. The summed E-state index contributed by atoms with van der Waals surface area (Å²) in [7, 11) is 0. The average Bonchev–Trinajstić information content (AvgIpc) is 2.32. The van der Waals surface area contributed by atoms with Gasteiger partial charge in [-0.2, -0.15) is 0 Å². The Morgan fingerprint density at radius 2 is 2.35 bits per heavy atom. The molecule has 1 fully saturated rings. The van der Waals surface area contributed by atoms with Gasteiger partial charge in [-0.1, -0.05) is 13.0 Å². The van der Waals surface area contributed by atoms with Gasteiger partial charge in [0.1, 0.15) is 11.2 Å². The molecule has 0 bridgehead atoms. The van der Waals surface area contributed by atoms with Gasteiger partial charge in [-0.05, 0) is 38.7 Å². The van der Waals surface area contributed by atoms with Crippen molar-refractivity contribution in [3.8, 4) is 0 Å². The molecular weight excluding hydrogens is 216 g/mol. The third kappa shape index (κ3) is 3.07. The number of esters is 1. The van der Waals surface area contributed by atoms with Crippen molar-refractivity contribution < 1.29 is 14.3 Å². The molecule has 0 aromatic carbocycles. The zero-order valence-corrected chi connectivity index (χ0v) is 10.5. The van der Waals surface area contributed by atoms with E-state index in [1.807, 2.05) is 0 Å². The highest BCUT2D eigenvalue weighted by atomic mass is 16.5. The Morgan fingerprint density at radius 1 is 1.59 bits per heavy atom. The standard InChI is InChI=1S/C14H20O3/c1-3-5-7-10-14(13(16)17-4-2)11-8-6-9-12(14)15/h5H,1,4,6-11H2,2H3. The van der Waals surface area contributed by atoms with Crippen LogP contribution in [0.4, 0.5) is 0 Å². The van der Waals surface area contributed by atoms with Crippen molar-refractivity contribution in [3.05, 3.63) is 18.4 Å². The molecule has 0 saturated heterocycles. The van der Waals surface area contributed by atoms with Crippen molar-refractivity contribution in [1.82, 2.24) is 0 Å². The molecular formula is C14H20O3. The van der Waals surface area contributed by atoms with Gasteiger partial charge >= 0.3 is 5.97 Å². The highest BCUT2D eigenvalue weighted by molar-refractivity contribution is 6.04. The van der Waals surface area contributed by atoms with Gasteiger partial charge in [0, 0.05) is 6.42 Å². The molecule has 1 saturated carbocycles. The molecule has 0 amide bonds. The van der Waals surface area contributed by atoms with Crippen molar-refractivity contribution in [2.45, 2.75) is 45.4 Å². The van der Waals surface area contributed by atoms with Crippen molar-refractivity contribution >= 4 is 11.8 Å². The van der Waals surface area contributed by atoms with Crippen LogP contribution in [0, 0.1) is 5.41 Å². The smallest absolute Gasteiger partial charge is 0.319 e. The van der Waals surface area contributed by atoms with Gasteiger partial charge in [0.25, 0.3) is 0 Å². The maximum absolute atomic E-state index is 12.1. The number of carbonyl (C=O) groups is 2. The molecule has 0 heterocycles. The summed E-state index contributed by atoms with van der Waals surface area (Å²) in [4.78, 5) is 24.1. The molecule has 1 rings (SSSR count). The molecule has 0 aromatic rings. The molecule has 0 N–H and O–H groups in total. The molecule has 0 aromatic heterocycles. The van der Waals surface area contributed by atoms with Gasteiger partial charge in [-0.25, -0.2) is 0 Å². The Hall–Kier alpha value is -1.34. The number of hydrogen-bond acceptors (Lipinski definition) is 3. The minimum Gasteiger partial charge on any atom is -0.465 e. The monoisotopic (exact) mass is 236 g/mol. The topological polar surface area (TPSA) is 43.4 Å². The predicted molar refractivity (Wildman–Crippen MR) is 65.5 cm³/mol. The quantitative estimate of drug-likeness (QED) is 0.419. The first-order valence-electron chi connectivity index (χ1n) is 6.22. The van der Waals surface area contributed by atoms with Crippen LogP contribution in [0.25, 0.3) is 0 Å². The van der Waals surface area contributed by atoms with E-state index in [0.29, 0.717) is 32.3 Å². The van der Waals surface area contributed by atoms with Gasteiger partial charge < -0.3 is 4.74 Å². The summed E-state index contributed by atoms with van der Waals surface area (Å²) in [5, 5.41) is 0. The Morgan fingerprint density at radius 3 is 2.94 bits per heavy atom. The minimum atomic E-state index is -0.901. The van der Waals surface area contributed by atoms with Crippen LogP contribution >= 0.6 is 0 Å². The lowest BCUT2D eigenvalue weighted by molar-refractivity contribution is -0.162. The lowest BCUT2D eigenvalue weighted by atomic mass is 9.70. The first-order valence-corrected chi connectivity index (χ1v) is 6.22. The summed E-state index contributed by atoms with van der Waals surface area (Å²) < 4.78 is 5.08. The summed E-state index contributed by atoms with van der Waals surface area (Å²) in [6, 6.07) is 0. The molecule has 0 aliphatic heterocycles. The fourth-order valence-electron chi connectivity index (χ4n) is 2.36. The van der Waals surface area contributed by atoms with Crippen LogP contribution in [0.2, 0.25) is 0 Å². The molecule has 3 nitrogen and oxygen atoms in total.